The lowest BCUT2D eigenvalue weighted by Gasteiger charge is -2.26. The van der Waals surface area contributed by atoms with Crippen LogP contribution in [0.3, 0.4) is 0 Å². The lowest BCUT2D eigenvalue weighted by Crippen LogP contribution is -2.19. The number of aromatic nitrogens is 1. The molecule has 1 aliphatic rings. The van der Waals surface area contributed by atoms with E-state index in [1.165, 1.54) is 74.7 Å². The summed E-state index contributed by atoms with van der Waals surface area (Å²) < 4.78 is 45.4. The molecule has 1 unspecified atom stereocenters. The van der Waals surface area contributed by atoms with Crippen LogP contribution in [-0.4, -0.2) is 31.4 Å². The Morgan fingerprint density at radius 3 is 2.59 bits per heavy atom. The number of carbonyl (C=O) groups is 1. The molecule has 1 atom stereocenters. The number of anilines is 2. The largest absolute Gasteiger partial charge is 0.755 e. The van der Waals surface area contributed by atoms with Gasteiger partial charge in [-0.15, -0.1) is 0 Å². The molecule has 0 amide bonds. The van der Waals surface area contributed by atoms with E-state index >= 15 is 0 Å². The van der Waals surface area contributed by atoms with Crippen molar-refractivity contribution >= 4 is 39.5 Å². The molecule has 0 aliphatic heterocycles. The third-order valence-corrected chi connectivity index (χ3v) is 6.63. The molecule has 1 fully saturated rings. The molecule has 2 aromatic carbocycles. The Balaban J connectivity index is 1.62. The summed E-state index contributed by atoms with van der Waals surface area (Å²) in [6, 6.07) is 7.95. The zero-order chi connectivity index (χ0) is 22.7. The number of hydrogen-bond donors (Lipinski definition) is 2. The van der Waals surface area contributed by atoms with Crippen LogP contribution in [-0.2, 0) is 11.3 Å². The number of halogens is 1. The highest BCUT2D eigenvalue weighted by Gasteiger charge is 2.20. The topological polar surface area (TPSA) is 106 Å². The molecule has 32 heavy (non-hydrogen) atoms. The van der Waals surface area contributed by atoms with Gasteiger partial charge >= 0.3 is 5.97 Å². The van der Waals surface area contributed by atoms with Crippen molar-refractivity contribution in [1.29, 1.82) is 0 Å². The maximum atomic E-state index is 14.4. The molecule has 1 aliphatic carbocycles. The van der Waals surface area contributed by atoms with Crippen molar-refractivity contribution in [2.45, 2.75) is 38.5 Å². The normalized spacial score (nSPS) is 15.6. The Morgan fingerprint density at radius 2 is 1.94 bits per heavy atom. The SMILES string of the molecule is O=C(O)c1ccc(N(c2c[nH]c3c(OCCC4CCCCC4)cc(F)cc23)S(=O)[O-])cc1. The monoisotopic (exact) mass is 459 g/mol. The smallest absolute Gasteiger partial charge is 0.335 e. The van der Waals surface area contributed by atoms with Gasteiger partial charge in [-0.3, -0.25) is 8.51 Å². The first-order valence-electron chi connectivity index (χ1n) is 10.6. The van der Waals surface area contributed by atoms with Crippen LogP contribution in [0.5, 0.6) is 5.75 Å². The molecule has 1 heterocycles. The Labute approximate surface area is 187 Å². The third kappa shape index (κ3) is 4.78. The molecular weight excluding hydrogens is 435 g/mol. The summed E-state index contributed by atoms with van der Waals surface area (Å²) in [4.78, 5) is 14.1. The van der Waals surface area contributed by atoms with Crippen molar-refractivity contribution in [3.63, 3.8) is 0 Å². The van der Waals surface area contributed by atoms with Gasteiger partial charge < -0.3 is 19.4 Å². The van der Waals surface area contributed by atoms with Crippen molar-refractivity contribution in [1.82, 2.24) is 4.98 Å². The van der Waals surface area contributed by atoms with Gasteiger partial charge in [0.2, 0.25) is 0 Å². The number of H-pyrrole nitrogens is 1. The van der Waals surface area contributed by atoms with E-state index in [1.807, 2.05) is 0 Å². The minimum atomic E-state index is -2.73. The van der Waals surface area contributed by atoms with Gasteiger partial charge in [0.15, 0.2) is 0 Å². The number of rotatable bonds is 8. The number of fused-ring (bicyclic) bond motifs is 1. The molecule has 4 rings (SSSR count). The predicted octanol–water partition coefficient (Wildman–Crippen LogP) is 5.29. The lowest BCUT2D eigenvalue weighted by atomic mass is 9.87. The third-order valence-electron chi connectivity index (χ3n) is 5.92. The first-order valence-corrected chi connectivity index (χ1v) is 11.6. The molecule has 0 saturated heterocycles. The Kier molecular flexibility index (Phi) is 6.76. The molecule has 3 aromatic rings. The molecule has 0 spiro atoms. The highest BCUT2D eigenvalue weighted by molar-refractivity contribution is 7.81. The second kappa shape index (κ2) is 9.70. The maximum Gasteiger partial charge on any atom is 0.335 e. The quantitative estimate of drug-likeness (QED) is 0.446. The number of carboxylic acid groups (broad SMARTS) is 1. The van der Waals surface area contributed by atoms with E-state index in [9.17, 15) is 17.9 Å². The van der Waals surface area contributed by atoms with E-state index in [4.69, 9.17) is 9.84 Å². The fraction of sp³-hybridized carbons (Fsp3) is 0.348. The number of carboxylic acids is 1. The van der Waals surface area contributed by atoms with Gasteiger partial charge in [0, 0.05) is 17.6 Å². The van der Waals surface area contributed by atoms with Crippen LogP contribution in [0.1, 0.15) is 48.9 Å². The average molecular weight is 460 g/mol. The number of ether oxygens (including phenoxy) is 1. The summed E-state index contributed by atoms with van der Waals surface area (Å²) in [6.07, 6.45) is 8.52. The lowest BCUT2D eigenvalue weighted by molar-refractivity contribution is 0.0697. The number of aromatic carboxylic acids is 1. The molecular formula is C23H24FN2O5S-. The molecule has 1 saturated carbocycles. The second-order valence-corrected chi connectivity index (χ2v) is 8.80. The minimum absolute atomic E-state index is 0.0315. The summed E-state index contributed by atoms with van der Waals surface area (Å²) in [5, 5.41) is 9.42. The van der Waals surface area contributed by atoms with Crippen LogP contribution >= 0.6 is 0 Å². The molecule has 1 aromatic heterocycles. The average Bonchev–Trinajstić information content (AvgIpc) is 3.18. The van der Waals surface area contributed by atoms with E-state index in [0.29, 0.717) is 29.2 Å². The van der Waals surface area contributed by atoms with Crippen molar-refractivity contribution in [3.8, 4) is 5.75 Å². The summed E-state index contributed by atoms with van der Waals surface area (Å²) in [7, 11) is 0. The van der Waals surface area contributed by atoms with Gasteiger partial charge in [-0.05, 0) is 42.7 Å². The van der Waals surface area contributed by atoms with Gasteiger partial charge in [-0.2, -0.15) is 0 Å². The van der Waals surface area contributed by atoms with Crippen LogP contribution in [0, 0.1) is 11.7 Å². The molecule has 7 nitrogen and oxygen atoms in total. The molecule has 0 radical (unpaired) electrons. The number of nitrogens with zero attached hydrogens (tertiary/aromatic N) is 1. The van der Waals surface area contributed by atoms with E-state index < -0.39 is 23.1 Å². The van der Waals surface area contributed by atoms with Crippen LogP contribution < -0.4 is 9.04 Å². The molecule has 170 valence electrons. The van der Waals surface area contributed by atoms with E-state index in [1.54, 1.807) is 0 Å². The van der Waals surface area contributed by atoms with Gasteiger partial charge in [0.05, 0.1) is 40.3 Å². The van der Waals surface area contributed by atoms with E-state index in [0.717, 1.165) is 10.7 Å². The first-order chi connectivity index (χ1) is 15.4. The van der Waals surface area contributed by atoms with E-state index in [2.05, 4.69) is 4.98 Å². The van der Waals surface area contributed by atoms with Crippen LogP contribution in [0.2, 0.25) is 0 Å². The van der Waals surface area contributed by atoms with Crippen molar-refractivity contribution < 1.29 is 27.8 Å². The van der Waals surface area contributed by atoms with Gasteiger partial charge in [-0.1, -0.05) is 32.1 Å². The van der Waals surface area contributed by atoms with Gasteiger partial charge in [-0.25, -0.2) is 9.18 Å². The van der Waals surface area contributed by atoms with Crippen molar-refractivity contribution in [2.24, 2.45) is 5.92 Å². The second-order valence-electron chi connectivity index (χ2n) is 8.01. The number of benzene rings is 2. The predicted molar refractivity (Wildman–Crippen MR) is 119 cm³/mol. The summed E-state index contributed by atoms with van der Waals surface area (Å²) >= 11 is -2.73. The van der Waals surface area contributed by atoms with Gasteiger partial charge in [0.25, 0.3) is 0 Å². The number of nitrogens with one attached hydrogen (secondary N) is 1. The van der Waals surface area contributed by atoms with E-state index in [-0.39, 0.29) is 16.9 Å². The zero-order valence-electron chi connectivity index (χ0n) is 17.4. The highest BCUT2D eigenvalue weighted by Crippen LogP contribution is 2.38. The summed E-state index contributed by atoms with van der Waals surface area (Å²) in [5.41, 5.74) is 0.980. The van der Waals surface area contributed by atoms with Gasteiger partial charge in [0.1, 0.15) is 11.6 Å². The Morgan fingerprint density at radius 1 is 1.22 bits per heavy atom. The van der Waals surface area contributed by atoms with Crippen molar-refractivity contribution in [2.75, 3.05) is 10.9 Å². The van der Waals surface area contributed by atoms with Crippen LogP contribution in [0.25, 0.3) is 10.9 Å². The number of aromatic amines is 1. The number of hydrogen-bond acceptors (Lipinski definition) is 4. The first kappa shape index (κ1) is 22.3. The van der Waals surface area contributed by atoms with Crippen LogP contribution in [0.15, 0.2) is 42.6 Å². The maximum absolute atomic E-state index is 14.4. The summed E-state index contributed by atoms with van der Waals surface area (Å²) in [5.74, 6) is -0.696. The molecule has 2 N–H and O–H groups in total. The fourth-order valence-electron chi connectivity index (χ4n) is 4.29. The minimum Gasteiger partial charge on any atom is -0.755 e. The fourth-order valence-corrected chi connectivity index (χ4v) is 4.89. The summed E-state index contributed by atoms with van der Waals surface area (Å²) in [6.45, 7) is 0.464. The molecule has 9 heteroatoms. The highest BCUT2D eigenvalue weighted by atomic mass is 32.2. The Bertz CT molecular complexity index is 1130. The Hall–Kier alpha value is -2.91. The zero-order valence-corrected chi connectivity index (χ0v) is 18.2. The standard InChI is InChI=1S/C23H25FN2O5S/c24-17-12-19-20(26(32(29)30)18-8-6-16(7-9-18)23(27)28)14-25-22(19)21(13-17)31-11-10-15-4-2-1-3-5-15/h6-9,12-15,25H,1-5,10-11H2,(H,27,28)(H,29,30)/p-1. The van der Waals surface area contributed by atoms with Crippen molar-refractivity contribution in [3.05, 3.63) is 54.0 Å². The molecule has 0 bridgehead atoms. The van der Waals surface area contributed by atoms with Crippen LogP contribution in [0.4, 0.5) is 15.8 Å².